The molecule has 3 aromatic rings. The normalized spacial score (nSPS) is 24.0. The summed E-state index contributed by atoms with van der Waals surface area (Å²) < 4.78 is 43.6. The van der Waals surface area contributed by atoms with E-state index in [4.69, 9.17) is 0 Å². The fraction of sp³-hybridized carbons (Fsp3) is 0.462. The lowest BCUT2D eigenvalue weighted by atomic mass is 9.80. The van der Waals surface area contributed by atoms with Crippen LogP contribution in [0.1, 0.15) is 55.3 Å². The number of amides is 1. The van der Waals surface area contributed by atoms with Gasteiger partial charge in [0.1, 0.15) is 11.5 Å². The van der Waals surface area contributed by atoms with Gasteiger partial charge in [-0.1, -0.05) is 0 Å². The fourth-order valence-electron chi connectivity index (χ4n) is 6.49. The van der Waals surface area contributed by atoms with E-state index in [0.29, 0.717) is 37.6 Å². The van der Waals surface area contributed by atoms with E-state index in [9.17, 15) is 18.0 Å². The first-order chi connectivity index (χ1) is 15.9. The zero-order valence-electron chi connectivity index (χ0n) is 18.4. The molecule has 1 aromatic carbocycles. The average Bonchev–Trinajstić information content (AvgIpc) is 3.49. The van der Waals surface area contributed by atoms with Gasteiger partial charge in [-0.05, 0) is 73.6 Å². The number of fused-ring (bicyclic) bond motifs is 5. The first kappa shape index (κ1) is 20.8. The van der Waals surface area contributed by atoms with Crippen LogP contribution in [0.4, 0.5) is 13.2 Å². The topological polar surface area (TPSA) is 38.1 Å². The Labute approximate surface area is 190 Å². The highest BCUT2D eigenvalue weighted by atomic mass is 19.2. The van der Waals surface area contributed by atoms with Crippen molar-refractivity contribution in [2.24, 2.45) is 11.3 Å². The number of hydrogen-bond acceptors (Lipinski definition) is 2. The number of benzene rings is 1. The Bertz CT molecular complexity index is 1260. The molecule has 1 amide bonds. The summed E-state index contributed by atoms with van der Waals surface area (Å²) in [4.78, 5) is 19.7. The van der Waals surface area contributed by atoms with Crippen LogP contribution >= 0.6 is 0 Å². The minimum atomic E-state index is -1.20. The van der Waals surface area contributed by atoms with Gasteiger partial charge in [0.2, 0.25) is 5.91 Å². The van der Waals surface area contributed by atoms with Crippen molar-refractivity contribution in [1.82, 2.24) is 14.5 Å². The first-order valence-corrected chi connectivity index (χ1v) is 11.8. The van der Waals surface area contributed by atoms with E-state index >= 15 is 0 Å². The molecule has 0 atom stereocenters. The average molecular weight is 454 g/mol. The summed E-state index contributed by atoms with van der Waals surface area (Å²) in [5, 5.41) is 0.968. The van der Waals surface area contributed by atoms with Crippen LogP contribution in [-0.2, 0) is 24.3 Å². The highest BCUT2D eigenvalue weighted by molar-refractivity contribution is 5.84. The second kappa shape index (κ2) is 7.61. The fourth-order valence-corrected chi connectivity index (χ4v) is 6.49. The molecule has 33 heavy (non-hydrogen) atoms. The maximum absolute atomic E-state index is 14.5. The van der Waals surface area contributed by atoms with E-state index in [-0.39, 0.29) is 23.4 Å². The maximum atomic E-state index is 14.5. The zero-order chi connectivity index (χ0) is 22.7. The smallest absolute Gasteiger partial charge is 0.223 e. The highest BCUT2D eigenvalue weighted by Crippen LogP contribution is 2.56. The Kier molecular flexibility index (Phi) is 4.78. The highest BCUT2D eigenvalue weighted by Gasteiger charge is 2.46. The molecule has 0 saturated heterocycles. The summed E-state index contributed by atoms with van der Waals surface area (Å²) in [5.74, 6) is -2.09. The van der Waals surface area contributed by atoms with Crippen LogP contribution in [0, 0.1) is 28.8 Å². The molecule has 4 nitrogen and oxygen atoms in total. The van der Waals surface area contributed by atoms with E-state index in [0.717, 1.165) is 41.5 Å². The summed E-state index contributed by atoms with van der Waals surface area (Å²) in [7, 11) is 0. The predicted molar refractivity (Wildman–Crippen MR) is 118 cm³/mol. The number of halogens is 3. The zero-order valence-corrected chi connectivity index (χ0v) is 18.4. The summed E-state index contributed by atoms with van der Waals surface area (Å²) in [5.41, 5.74) is 2.93. The number of nitrogens with zero attached hydrogens (tertiary/aromatic N) is 3. The molecule has 0 radical (unpaired) electrons. The van der Waals surface area contributed by atoms with E-state index < -0.39 is 17.5 Å². The molecular weight excluding hydrogens is 427 g/mol. The van der Waals surface area contributed by atoms with Crippen molar-refractivity contribution in [3.05, 3.63) is 64.7 Å². The maximum Gasteiger partial charge on any atom is 0.223 e. The molecule has 7 heteroatoms. The van der Waals surface area contributed by atoms with Gasteiger partial charge in [-0.2, -0.15) is 0 Å². The first-order valence-electron chi connectivity index (χ1n) is 11.8. The number of pyridine rings is 1. The molecule has 172 valence electrons. The van der Waals surface area contributed by atoms with Crippen LogP contribution in [0.3, 0.4) is 0 Å². The van der Waals surface area contributed by atoms with Crippen LogP contribution in [0.15, 0.2) is 30.5 Å². The van der Waals surface area contributed by atoms with Crippen molar-refractivity contribution in [3.8, 4) is 0 Å². The number of hydrogen-bond donors (Lipinski definition) is 0. The molecule has 2 aromatic heterocycles. The molecule has 2 fully saturated rings. The van der Waals surface area contributed by atoms with E-state index in [1.165, 1.54) is 19.3 Å². The molecule has 2 bridgehead atoms. The molecule has 0 spiro atoms. The van der Waals surface area contributed by atoms with Crippen LogP contribution in [0.2, 0.25) is 0 Å². The van der Waals surface area contributed by atoms with E-state index in [1.54, 1.807) is 6.20 Å². The predicted octanol–water partition coefficient (Wildman–Crippen LogP) is 5.36. The second-order valence-electron chi connectivity index (χ2n) is 10.1. The van der Waals surface area contributed by atoms with Gasteiger partial charge >= 0.3 is 0 Å². The Morgan fingerprint density at radius 2 is 1.91 bits per heavy atom. The Hall–Kier alpha value is -2.83. The molecule has 6 rings (SSSR count). The van der Waals surface area contributed by atoms with E-state index in [1.807, 2.05) is 21.6 Å². The molecule has 3 aliphatic rings. The Morgan fingerprint density at radius 3 is 2.67 bits per heavy atom. The molecule has 2 saturated carbocycles. The summed E-state index contributed by atoms with van der Waals surface area (Å²) in [6.07, 6.45) is 8.96. The van der Waals surface area contributed by atoms with Gasteiger partial charge in [0, 0.05) is 41.9 Å². The lowest BCUT2D eigenvalue weighted by Gasteiger charge is -2.33. The third kappa shape index (κ3) is 3.44. The van der Waals surface area contributed by atoms with Crippen molar-refractivity contribution < 1.29 is 18.0 Å². The minimum absolute atomic E-state index is 0.0273. The lowest BCUT2D eigenvalue weighted by molar-refractivity contribution is -0.134. The third-order valence-corrected chi connectivity index (χ3v) is 8.20. The van der Waals surface area contributed by atoms with Gasteiger partial charge < -0.3 is 9.47 Å². The van der Waals surface area contributed by atoms with Crippen LogP contribution < -0.4 is 0 Å². The molecule has 0 N–H and O–H groups in total. The Morgan fingerprint density at radius 1 is 1.12 bits per heavy atom. The monoisotopic (exact) mass is 453 g/mol. The minimum Gasteiger partial charge on any atom is -0.337 e. The molecule has 1 aliphatic heterocycles. The molecule has 3 heterocycles. The molecule has 0 unspecified atom stereocenters. The molecule has 2 aliphatic carbocycles. The van der Waals surface area contributed by atoms with Gasteiger partial charge in [0.15, 0.2) is 11.6 Å². The van der Waals surface area contributed by atoms with Crippen LogP contribution in [0.25, 0.3) is 11.0 Å². The summed E-state index contributed by atoms with van der Waals surface area (Å²) in [6.45, 7) is 1.10. The Balaban J connectivity index is 1.33. The summed E-state index contributed by atoms with van der Waals surface area (Å²) in [6, 6.07) is 5.33. The SMILES string of the molecule is O=C(CC12CCC(CC1)C2)N1CCc2c(n(Cc3cc(F)c(F)cc3F)c3ncccc23)C1. The second-order valence-corrected chi connectivity index (χ2v) is 10.1. The van der Waals surface area contributed by atoms with Gasteiger partial charge in [0.05, 0.1) is 13.1 Å². The summed E-state index contributed by atoms with van der Waals surface area (Å²) >= 11 is 0. The van der Waals surface area contributed by atoms with Crippen LogP contribution in [0.5, 0.6) is 0 Å². The van der Waals surface area contributed by atoms with Crippen molar-refractivity contribution in [3.63, 3.8) is 0 Å². The number of carbonyl (C=O) groups is 1. The number of carbonyl (C=O) groups excluding carboxylic acids is 1. The van der Waals surface area contributed by atoms with Crippen LogP contribution in [-0.4, -0.2) is 26.9 Å². The van der Waals surface area contributed by atoms with Crippen molar-refractivity contribution in [2.75, 3.05) is 6.54 Å². The van der Waals surface area contributed by atoms with Crippen molar-refractivity contribution in [1.29, 1.82) is 0 Å². The molecular formula is C26H26F3N3O. The lowest BCUT2D eigenvalue weighted by Crippen LogP contribution is -2.39. The number of rotatable bonds is 4. The number of aromatic nitrogens is 2. The standard InChI is InChI=1S/C26H26F3N3O/c27-20-11-22(29)21(28)10-17(20)14-32-23-15-31(9-5-18(23)19-2-1-8-30-25(19)32)24(33)13-26-6-3-16(12-26)4-7-26/h1-2,8,10-11,16H,3-7,9,12-15H2. The van der Waals surface area contributed by atoms with Gasteiger partial charge in [-0.3, -0.25) is 4.79 Å². The van der Waals surface area contributed by atoms with Crippen molar-refractivity contribution >= 4 is 16.9 Å². The largest absolute Gasteiger partial charge is 0.337 e. The van der Waals surface area contributed by atoms with E-state index in [2.05, 4.69) is 4.98 Å². The third-order valence-electron chi connectivity index (χ3n) is 8.20. The van der Waals surface area contributed by atoms with Crippen molar-refractivity contribution in [2.45, 2.75) is 58.0 Å². The van der Waals surface area contributed by atoms with Gasteiger partial charge in [0.25, 0.3) is 0 Å². The van der Waals surface area contributed by atoms with Gasteiger partial charge in [-0.15, -0.1) is 0 Å². The van der Waals surface area contributed by atoms with Gasteiger partial charge in [-0.25, -0.2) is 18.2 Å². The quantitative estimate of drug-likeness (QED) is 0.499.